The molecule has 0 amide bonds. The molecule has 0 radical (unpaired) electrons. The highest BCUT2D eigenvalue weighted by Gasteiger charge is 2.19. The first-order chi connectivity index (χ1) is 17.8. The third-order valence-corrected chi connectivity index (χ3v) is 6.05. The minimum atomic E-state index is -0.697. The number of rotatable bonds is 9. The van der Waals surface area contributed by atoms with Crippen molar-refractivity contribution in [3.8, 4) is 0 Å². The summed E-state index contributed by atoms with van der Waals surface area (Å²) in [7, 11) is 0. The predicted molar refractivity (Wildman–Crippen MR) is 147 cm³/mol. The number of nitrogens with zero attached hydrogens (tertiary/aromatic N) is 2. The number of nitrogens with one attached hydrogen (secondary N) is 4. The van der Waals surface area contributed by atoms with Gasteiger partial charge in [-0.15, -0.1) is 0 Å². The molecule has 0 unspecified atom stereocenters. The lowest BCUT2D eigenvalue weighted by atomic mass is 10.0. The van der Waals surface area contributed by atoms with E-state index in [1.54, 1.807) is 19.1 Å². The summed E-state index contributed by atoms with van der Waals surface area (Å²) in [4.78, 5) is 59.5. The lowest BCUT2D eigenvalue weighted by Gasteiger charge is -2.20. The van der Waals surface area contributed by atoms with Crippen LogP contribution < -0.4 is 43.2 Å². The molecular formula is C27H26N6O4. The molecule has 0 aliphatic heterocycles. The normalized spacial score (nSPS) is 10.9. The van der Waals surface area contributed by atoms with Gasteiger partial charge >= 0.3 is 0 Å². The molecule has 1 aromatic carbocycles. The second kappa shape index (κ2) is 10.5. The Bertz CT molecular complexity index is 1820. The fourth-order valence-electron chi connectivity index (χ4n) is 4.22. The predicted octanol–water partition coefficient (Wildman–Crippen LogP) is 3.22. The van der Waals surface area contributed by atoms with Crippen LogP contribution in [0.3, 0.4) is 0 Å². The average molecular weight is 499 g/mol. The van der Waals surface area contributed by atoms with Gasteiger partial charge in [0.1, 0.15) is 5.82 Å². The van der Waals surface area contributed by atoms with E-state index in [9.17, 15) is 19.2 Å². The number of anilines is 4. The van der Waals surface area contributed by atoms with Gasteiger partial charge in [-0.05, 0) is 43.5 Å². The minimum absolute atomic E-state index is 0.00415. The molecule has 188 valence electrons. The molecule has 0 bridgehead atoms. The molecule has 10 nitrogen and oxygen atoms in total. The van der Waals surface area contributed by atoms with E-state index in [4.69, 9.17) is 6.57 Å². The van der Waals surface area contributed by atoms with Crippen molar-refractivity contribution in [3.63, 3.8) is 0 Å². The standard InChI is InChI=1S/C27H26N6O4/c1-5-12-29-26-22(28-4)14(3)23(27(31-26)30-13-6-2)33-32-16-9-7-8-15-19(16)25(37)21-18(35)11-10-17(34)20(21)24(15)36/h7-11,32-33H,5-6,12-13H2,1-3H3,(H2,29,30,31). The van der Waals surface area contributed by atoms with Gasteiger partial charge in [0.05, 0.1) is 33.8 Å². The molecular weight excluding hydrogens is 472 g/mol. The van der Waals surface area contributed by atoms with E-state index in [-0.39, 0.29) is 16.5 Å². The lowest BCUT2D eigenvalue weighted by molar-refractivity contribution is 0.956. The molecule has 0 fully saturated rings. The fraction of sp³-hybridized carbons (Fsp3) is 0.259. The Morgan fingerprint density at radius 1 is 0.838 bits per heavy atom. The van der Waals surface area contributed by atoms with E-state index in [2.05, 4.69) is 31.3 Å². The number of fused-ring (bicyclic) bond motifs is 1. The van der Waals surface area contributed by atoms with Crippen molar-refractivity contribution in [1.82, 2.24) is 4.98 Å². The van der Waals surface area contributed by atoms with Gasteiger partial charge in [0.2, 0.25) is 11.1 Å². The van der Waals surface area contributed by atoms with Gasteiger partial charge in [0.15, 0.2) is 22.1 Å². The quantitative estimate of drug-likeness (QED) is 0.203. The zero-order valence-corrected chi connectivity index (χ0v) is 20.7. The highest BCUT2D eigenvalue weighted by Crippen LogP contribution is 2.37. The first kappa shape index (κ1) is 25.3. The van der Waals surface area contributed by atoms with Crippen molar-refractivity contribution < 1.29 is 0 Å². The van der Waals surface area contributed by atoms with Crippen molar-refractivity contribution in [2.75, 3.05) is 34.6 Å². The van der Waals surface area contributed by atoms with E-state index in [0.29, 0.717) is 41.7 Å². The number of hydrazine groups is 1. The molecule has 0 atom stereocenters. The van der Waals surface area contributed by atoms with Crippen LogP contribution in [0.1, 0.15) is 32.3 Å². The van der Waals surface area contributed by atoms with Gasteiger partial charge in [-0.25, -0.2) is 9.83 Å². The number of hydrogen-bond donors (Lipinski definition) is 4. The van der Waals surface area contributed by atoms with Crippen molar-refractivity contribution in [2.24, 2.45) is 0 Å². The van der Waals surface area contributed by atoms with Gasteiger partial charge in [0, 0.05) is 18.5 Å². The number of benzene rings is 1. The number of hydrogen-bond acceptors (Lipinski definition) is 9. The summed E-state index contributed by atoms with van der Waals surface area (Å²) in [6.07, 6.45) is 1.71. The van der Waals surface area contributed by atoms with Crippen molar-refractivity contribution in [2.45, 2.75) is 33.6 Å². The molecule has 37 heavy (non-hydrogen) atoms. The monoisotopic (exact) mass is 498 g/mol. The third kappa shape index (κ3) is 4.47. The Kier molecular flexibility index (Phi) is 7.15. The summed E-state index contributed by atoms with van der Waals surface area (Å²) in [5.41, 5.74) is 5.05. The molecule has 4 rings (SSSR count). The summed E-state index contributed by atoms with van der Waals surface area (Å²) < 4.78 is 0. The van der Waals surface area contributed by atoms with Crippen LogP contribution >= 0.6 is 0 Å². The van der Waals surface area contributed by atoms with Crippen LogP contribution in [0.4, 0.5) is 28.7 Å². The number of aromatic nitrogens is 1. The Balaban J connectivity index is 1.87. The van der Waals surface area contributed by atoms with Crippen molar-refractivity contribution in [3.05, 3.63) is 98.6 Å². The van der Waals surface area contributed by atoms with E-state index in [1.165, 1.54) is 6.07 Å². The Morgan fingerprint density at radius 3 is 2.08 bits per heavy atom. The first-order valence-corrected chi connectivity index (χ1v) is 12.0. The van der Waals surface area contributed by atoms with Crippen LogP contribution in [0.2, 0.25) is 0 Å². The van der Waals surface area contributed by atoms with Gasteiger partial charge in [0.25, 0.3) is 0 Å². The molecule has 2 aliphatic rings. The van der Waals surface area contributed by atoms with Crippen LogP contribution in [0, 0.1) is 23.9 Å². The van der Waals surface area contributed by atoms with E-state index < -0.39 is 32.2 Å². The molecule has 2 aliphatic carbocycles. The fourth-order valence-corrected chi connectivity index (χ4v) is 4.22. The summed E-state index contributed by atoms with van der Waals surface area (Å²) in [6, 6.07) is 6.63. The van der Waals surface area contributed by atoms with Crippen LogP contribution in [-0.4, -0.2) is 18.1 Å². The first-order valence-electron chi connectivity index (χ1n) is 12.0. The zero-order chi connectivity index (χ0) is 26.7. The van der Waals surface area contributed by atoms with Crippen molar-refractivity contribution in [1.29, 1.82) is 0 Å². The third-order valence-electron chi connectivity index (χ3n) is 6.05. The molecule has 0 saturated carbocycles. The minimum Gasteiger partial charge on any atom is -0.379 e. The summed E-state index contributed by atoms with van der Waals surface area (Å²) in [5, 5.41) is 5.68. The van der Waals surface area contributed by atoms with Gasteiger partial charge < -0.3 is 16.1 Å². The zero-order valence-electron chi connectivity index (χ0n) is 20.7. The van der Waals surface area contributed by atoms with Crippen LogP contribution in [0.5, 0.6) is 0 Å². The summed E-state index contributed by atoms with van der Waals surface area (Å²) in [6.45, 7) is 14.8. The average Bonchev–Trinajstić information content (AvgIpc) is 2.89. The summed E-state index contributed by atoms with van der Waals surface area (Å²) >= 11 is 0. The van der Waals surface area contributed by atoms with Gasteiger partial charge in [-0.2, -0.15) is 0 Å². The maximum Gasteiger partial charge on any atom is 0.233 e. The molecule has 0 saturated heterocycles. The SMILES string of the molecule is [C-]#[N+]c1c(NCCC)nc(NCCC)c(NNc2cccc3c(=O)c4c(=O)ccc(=O)c=4c(=O)c23)c1C. The maximum atomic E-state index is 13.3. The molecule has 1 aromatic heterocycles. The van der Waals surface area contributed by atoms with Gasteiger partial charge in [-0.3, -0.25) is 24.6 Å². The largest absolute Gasteiger partial charge is 0.379 e. The second-order valence-electron chi connectivity index (χ2n) is 8.57. The molecule has 0 spiro atoms. The van der Waals surface area contributed by atoms with Crippen LogP contribution in [-0.2, 0) is 0 Å². The second-order valence-corrected chi connectivity index (χ2v) is 8.57. The maximum absolute atomic E-state index is 13.3. The molecule has 1 heterocycles. The van der Waals surface area contributed by atoms with E-state index in [0.717, 1.165) is 25.0 Å². The van der Waals surface area contributed by atoms with E-state index >= 15 is 0 Å². The Hall–Kier alpha value is -4.78. The van der Waals surface area contributed by atoms with E-state index in [1.807, 2.05) is 13.8 Å². The summed E-state index contributed by atoms with van der Waals surface area (Å²) in [5.74, 6) is 0.984. The Morgan fingerprint density at radius 2 is 1.46 bits per heavy atom. The van der Waals surface area contributed by atoms with Gasteiger partial charge in [-0.1, -0.05) is 26.0 Å². The topological polar surface area (TPSA) is 134 Å². The highest BCUT2D eigenvalue weighted by molar-refractivity contribution is 5.94. The molecule has 4 N–H and O–H groups in total. The van der Waals surface area contributed by atoms with Crippen LogP contribution in [0.25, 0.3) is 15.6 Å². The molecule has 2 aromatic rings. The van der Waals surface area contributed by atoms with Crippen molar-refractivity contribution >= 4 is 39.5 Å². The highest BCUT2D eigenvalue weighted by atomic mass is 16.1. The lowest BCUT2D eigenvalue weighted by Crippen LogP contribution is -2.28. The molecule has 10 heteroatoms. The smallest absolute Gasteiger partial charge is 0.233 e. The number of pyridine rings is 1. The Labute approximate surface area is 211 Å². The van der Waals surface area contributed by atoms with Crippen LogP contribution in [0.15, 0.2) is 49.5 Å².